The summed E-state index contributed by atoms with van der Waals surface area (Å²) >= 11 is 0. The third kappa shape index (κ3) is 3.51. The van der Waals surface area contributed by atoms with E-state index in [1.807, 2.05) is 0 Å². The Morgan fingerprint density at radius 1 is 0.838 bits per heavy atom. The van der Waals surface area contributed by atoms with Crippen molar-refractivity contribution in [2.75, 3.05) is 0 Å². The Morgan fingerprint density at radius 2 is 1.57 bits per heavy atom. The Hall–Kier alpha value is -5.05. The second-order valence-corrected chi connectivity index (χ2v) is 8.69. The average Bonchev–Trinajstić information content (AvgIpc) is 2.83. The molecule has 0 unspecified atom stereocenters. The Balaban J connectivity index is 2.04. The van der Waals surface area contributed by atoms with Gasteiger partial charge in [-0.1, -0.05) is 6.07 Å². The quantitative estimate of drug-likeness (QED) is 0.262. The fourth-order valence-corrected chi connectivity index (χ4v) is 4.64. The molecule has 0 saturated carbocycles. The fourth-order valence-electron chi connectivity index (χ4n) is 4.64. The number of fused-ring (bicyclic) bond motifs is 3. The summed E-state index contributed by atoms with van der Waals surface area (Å²) in [5.41, 5.74) is -2.14. The maximum atomic E-state index is 13.7. The highest BCUT2D eigenvalue weighted by Gasteiger charge is 2.28. The molecule has 184 valence electrons. The Labute approximate surface area is 207 Å². The molecule has 0 saturated heterocycles. The van der Waals surface area contributed by atoms with Crippen molar-refractivity contribution in [1.82, 2.24) is 0 Å². The van der Waals surface area contributed by atoms with Gasteiger partial charge in [-0.3, -0.25) is 19.2 Å². The van der Waals surface area contributed by atoms with Crippen molar-refractivity contribution in [2.45, 2.75) is 20.8 Å². The summed E-state index contributed by atoms with van der Waals surface area (Å²) in [5.74, 6) is -2.69. The minimum atomic E-state index is -1.35. The molecule has 0 aliphatic rings. The number of Topliss-reactive ketones (excluding diaryl/α,β-unsaturated/α-hetero) is 2. The van der Waals surface area contributed by atoms with Gasteiger partial charge in [0.25, 0.3) is 0 Å². The van der Waals surface area contributed by atoms with E-state index < -0.39 is 28.4 Å². The number of rotatable bonds is 4. The number of phenolic OH excluding ortho intramolecular Hbond substituents is 1. The van der Waals surface area contributed by atoms with E-state index in [0.717, 1.165) is 6.26 Å². The molecular formula is C28H18O9. The maximum absolute atomic E-state index is 13.7. The number of aryl methyl sites for hydroxylation is 1. The number of hydrogen-bond donors (Lipinski definition) is 2. The number of carboxylic acids is 1. The molecule has 0 amide bonds. The summed E-state index contributed by atoms with van der Waals surface area (Å²) < 4.78 is 11.5. The zero-order valence-corrected chi connectivity index (χ0v) is 19.8. The first-order valence-electron chi connectivity index (χ1n) is 11.1. The lowest BCUT2D eigenvalue weighted by molar-refractivity contribution is 0.0697. The number of phenols is 1. The van der Waals surface area contributed by atoms with Crippen molar-refractivity contribution in [1.29, 1.82) is 0 Å². The second-order valence-electron chi connectivity index (χ2n) is 8.69. The second kappa shape index (κ2) is 8.27. The lowest BCUT2D eigenvalue weighted by Gasteiger charge is -2.15. The number of carboxylic acid groups (broad SMARTS) is 1. The normalized spacial score (nSPS) is 11.3. The molecule has 37 heavy (non-hydrogen) atoms. The van der Waals surface area contributed by atoms with E-state index >= 15 is 0 Å². The largest absolute Gasteiger partial charge is 0.508 e. The van der Waals surface area contributed by atoms with Crippen LogP contribution in [-0.2, 0) is 0 Å². The number of benzene rings is 3. The molecule has 9 nitrogen and oxygen atoms in total. The van der Waals surface area contributed by atoms with Gasteiger partial charge in [0.05, 0.1) is 32.8 Å². The first kappa shape index (κ1) is 23.7. The predicted octanol–water partition coefficient (Wildman–Crippen LogP) is 4.84. The molecule has 0 fully saturated rings. The molecule has 0 aliphatic heterocycles. The highest BCUT2D eigenvalue weighted by atomic mass is 16.4. The van der Waals surface area contributed by atoms with E-state index in [0.29, 0.717) is 5.56 Å². The molecule has 2 N–H and O–H groups in total. The molecule has 0 atom stereocenters. The van der Waals surface area contributed by atoms with E-state index in [2.05, 4.69) is 0 Å². The lowest BCUT2D eigenvalue weighted by Crippen LogP contribution is -2.16. The zero-order chi connectivity index (χ0) is 26.8. The molecule has 0 aliphatic carbocycles. The molecule has 0 spiro atoms. The third-order valence-corrected chi connectivity index (χ3v) is 6.31. The number of carbonyl (C=O) groups excluding carboxylic acids is 2. The van der Waals surface area contributed by atoms with E-state index in [-0.39, 0.29) is 66.5 Å². The number of aromatic carboxylic acids is 1. The van der Waals surface area contributed by atoms with Gasteiger partial charge in [0.2, 0.25) is 10.9 Å². The smallest absolute Gasteiger partial charge is 0.336 e. The van der Waals surface area contributed by atoms with Crippen LogP contribution in [0.15, 0.2) is 61.1 Å². The summed E-state index contributed by atoms with van der Waals surface area (Å²) in [4.78, 5) is 64.8. The van der Waals surface area contributed by atoms with Crippen LogP contribution < -0.4 is 10.9 Å². The molecule has 5 aromatic rings. The number of hydrogen-bond acceptors (Lipinski definition) is 8. The minimum Gasteiger partial charge on any atom is -0.508 e. The average molecular weight is 498 g/mol. The first-order chi connectivity index (χ1) is 17.5. The molecule has 0 bridgehead atoms. The van der Waals surface area contributed by atoms with Crippen molar-refractivity contribution in [3.8, 4) is 16.9 Å². The van der Waals surface area contributed by atoms with Gasteiger partial charge in [-0.2, -0.15) is 0 Å². The molecule has 5 rings (SSSR count). The molecule has 9 heteroatoms. The van der Waals surface area contributed by atoms with Gasteiger partial charge < -0.3 is 19.0 Å². The third-order valence-electron chi connectivity index (χ3n) is 6.31. The molecule has 3 aromatic carbocycles. The SMILES string of the molecule is CC(=O)c1cc2c(=O)c3ccc(O)cc3oc2c(C(C)=O)c1-c1coc2ccc(C)c(C(=O)O)c2c1=O. The van der Waals surface area contributed by atoms with Gasteiger partial charge in [0, 0.05) is 17.2 Å². The lowest BCUT2D eigenvalue weighted by atomic mass is 9.88. The Morgan fingerprint density at radius 3 is 2.22 bits per heavy atom. The van der Waals surface area contributed by atoms with Crippen molar-refractivity contribution < 1.29 is 33.4 Å². The van der Waals surface area contributed by atoms with Crippen LogP contribution in [-0.4, -0.2) is 27.7 Å². The van der Waals surface area contributed by atoms with Gasteiger partial charge in [0.1, 0.15) is 28.8 Å². The van der Waals surface area contributed by atoms with Gasteiger partial charge in [-0.25, -0.2) is 4.79 Å². The van der Waals surface area contributed by atoms with Gasteiger partial charge >= 0.3 is 5.97 Å². The summed E-state index contributed by atoms with van der Waals surface area (Å²) in [5, 5.41) is 19.5. The summed E-state index contributed by atoms with van der Waals surface area (Å²) in [6.45, 7) is 3.93. The van der Waals surface area contributed by atoms with Crippen LogP contribution in [0.1, 0.15) is 50.5 Å². The number of carbonyl (C=O) groups is 3. The predicted molar refractivity (Wildman–Crippen MR) is 135 cm³/mol. The van der Waals surface area contributed by atoms with E-state index in [9.17, 15) is 34.2 Å². The number of aromatic hydroxyl groups is 1. The Bertz CT molecular complexity index is 1970. The van der Waals surface area contributed by atoms with E-state index in [1.54, 1.807) is 0 Å². The van der Waals surface area contributed by atoms with Crippen LogP contribution in [0.2, 0.25) is 0 Å². The zero-order valence-electron chi connectivity index (χ0n) is 19.8. The topological polar surface area (TPSA) is 152 Å². The first-order valence-corrected chi connectivity index (χ1v) is 11.1. The molecular weight excluding hydrogens is 480 g/mol. The van der Waals surface area contributed by atoms with Crippen LogP contribution in [0.4, 0.5) is 0 Å². The van der Waals surface area contributed by atoms with Crippen LogP contribution in [0.5, 0.6) is 5.75 Å². The van der Waals surface area contributed by atoms with Crippen molar-refractivity contribution >= 4 is 50.4 Å². The summed E-state index contributed by atoms with van der Waals surface area (Å²) in [7, 11) is 0. The Kier molecular flexibility index (Phi) is 5.29. The standard InChI is InChI=1S/C28H18O9/c1-11-4-7-19-24(21(11)28(34)35)26(33)18(10-36-19)23-16(12(2)29)9-17-25(32)15-6-5-14(31)8-20(15)37-27(17)22(23)13(3)30/h4-10,31H,1-3H3,(H,34,35). The fraction of sp³-hybridized carbons (Fsp3) is 0.107. The molecule has 2 heterocycles. The number of ketones is 2. The van der Waals surface area contributed by atoms with Crippen LogP contribution >= 0.6 is 0 Å². The highest BCUT2D eigenvalue weighted by Crippen LogP contribution is 2.35. The van der Waals surface area contributed by atoms with Crippen LogP contribution in [0, 0.1) is 6.92 Å². The van der Waals surface area contributed by atoms with Gasteiger partial charge in [0.15, 0.2) is 11.6 Å². The monoisotopic (exact) mass is 498 g/mol. The minimum absolute atomic E-state index is 0.00383. The molecule has 2 aromatic heterocycles. The maximum Gasteiger partial charge on any atom is 0.336 e. The van der Waals surface area contributed by atoms with Crippen molar-refractivity contribution in [3.63, 3.8) is 0 Å². The van der Waals surface area contributed by atoms with E-state index in [4.69, 9.17) is 8.83 Å². The molecule has 0 radical (unpaired) electrons. The van der Waals surface area contributed by atoms with Gasteiger partial charge in [-0.15, -0.1) is 0 Å². The summed E-state index contributed by atoms with van der Waals surface area (Å²) in [6.07, 6.45) is 1.05. The van der Waals surface area contributed by atoms with Crippen LogP contribution in [0.3, 0.4) is 0 Å². The van der Waals surface area contributed by atoms with Crippen molar-refractivity contribution in [2.24, 2.45) is 0 Å². The van der Waals surface area contributed by atoms with Crippen molar-refractivity contribution in [3.05, 3.63) is 85.4 Å². The highest BCUT2D eigenvalue weighted by molar-refractivity contribution is 6.17. The summed E-state index contributed by atoms with van der Waals surface area (Å²) in [6, 6.07) is 8.08. The van der Waals surface area contributed by atoms with E-state index in [1.165, 1.54) is 57.2 Å². The van der Waals surface area contributed by atoms with Crippen LogP contribution in [0.25, 0.3) is 44.0 Å². The van der Waals surface area contributed by atoms with Gasteiger partial charge in [-0.05, 0) is 50.6 Å².